The molecular weight excluding hydrogens is 608 g/mol. The lowest BCUT2D eigenvalue weighted by molar-refractivity contribution is -0.138. The van der Waals surface area contributed by atoms with Crippen molar-refractivity contribution in [3.8, 4) is 16.9 Å². The number of aliphatic hydroxyl groups is 2. The van der Waals surface area contributed by atoms with Crippen LogP contribution in [0.3, 0.4) is 0 Å². The molecule has 3 rings (SSSR count). The van der Waals surface area contributed by atoms with Gasteiger partial charge in [0.2, 0.25) is 0 Å². The van der Waals surface area contributed by atoms with E-state index in [-0.39, 0.29) is 23.4 Å². The molecule has 0 aromatic heterocycles. The van der Waals surface area contributed by atoms with E-state index in [0.29, 0.717) is 30.9 Å². The van der Waals surface area contributed by atoms with Gasteiger partial charge in [-0.2, -0.15) is 0 Å². The summed E-state index contributed by atoms with van der Waals surface area (Å²) in [5.74, 6) is 1.54. The lowest BCUT2D eigenvalue weighted by Crippen LogP contribution is -2.46. The second kappa shape index (κ2) is 18.6. The molecule has 2 atom stereocenters. The molecule has 2 aromatic rings. The molecule has 5 nitrogen and oxygen atoms in total. The molecule has 0 spiro atoms. The molecule has 1 saturated carbocycles. The summed E-state index contributed by atoms with van der Waals surface area (Å²) in [5.41, 5.74) is 5.77. The Morgan fingerprint density at radius 3 is 2.10 bits per heavy atom. The Labute approximate surface area is 298 Å². The van der Waals surface area contributed by atoms with Crippen molar-refractivity contribution in [3.05, 3.63) is 65.2 Å². The van der Waals surface area contributed by atoms with Gasteiger partial charge in [-0.3, -0.25) is 0 Å². The third-order valence-corrected chi connectivity index (χ3v) is 10.7. The van der Waals surface area contributed by atoms with Crippen molar-refractivity contribution in [3.63, 3.8) is 0 Å². The number of rotatable bonds is 17. The molecule has 2 unspecified atom stereocenters. The van der Waals surface area contributed by atoms with Crippen LogP contribution in [0.2, 0.25) is 0 Å². The van der Waals surface area contributed by atoms with Gasteiger partial charge in [0.15, 0.2) is 0 Å². The Morgan fingerprint density at radius 2 is 1.53 bits per heavy atom. The van der Waals surface area contributed by atoms with Crippen LogP contribution >= 0.6 is 0 Å². The molecule has 0 heterocycles. The predicted octanol–water partition coefficient (Wildman–Crippen LogP) is 10.6. The minimum atomic E-state index is -0.690. The van der Waals surface area contributed by atoms with Gasteiger partial charge < -0.3 is 19.7 Å². The Hall–Kier alpha value is -2.63. The van der Waals surface area contributed by atoms with Crippen LogP contribution in [-0.4, -0.2) is 41.6 Å². The summed E-state index contributed by atoms with van der Waals surface area (Å²) in [5, 5.41) is 22.5. The zero-order valence-electron chi connectivity index (χ0n) is 32.4. The van der Waals surface area contributed by atoms with E-state index in [1.54, 1.807) is 6.92 Å². The molecule has 274 valence electrons. The first-order valence-electron chi connectivity index (χ1n) is 19.1. The van der Waals surface area contributed by atoms with Crippen LogP contribution < -0.4 is 4.74 Å². The van der Waals surface area contributed by atoms with E-state index in [0.717, 1.165) is 29.2 Å². The van der Waals surface area contributed by atoms with Gasteiger partial charge in [-0.15, -0.1) is 0 Å². The Kier molecular flexibility index (Phi) is 15.5. The van der Waals surface area contributed by atoms with E-state index in [2.05, 4.69) is 50.8 Å². The number of hydrogen-bond donors (Lipinski definition) is 2. The van der Waals surface area contributed by atoms with Gasteiger partial charge in [0.05, 0.1) is 25.4 Å². The molecule has 1 fully saturated rings. The molecule has 5 heteroatoms. The number of ether oxygens (including phenoxy) is 2. The first-order chi connectivity index (χ1) is 23.1. The first kappa shape index (κ1) is 40.8. The molecule has 1 aliphatic rings. The normalized spacial score (nSPS) is 18.8. The quantitative estimate of drug-likeness (QED) is 0.0991. The zero-order chi connectivity index (χ0) is 36.4. The molecule has 0 saturated heterocycles. The van der Waals surface area contributed by atoms with Crippen molar-refractivity contribution in [1.82, 2.24) is 0 Å². The van der Waals surface area contributed by atoms with Gasteiger partial charge in [0.1, 0.15) is 5.75 Å². The molecule has 1 aliphatic carbocycles. The average Bonchev–Trinajstić information content (AvgIpc) is 3.05. The lowest BCUT2D eigenvalue weighted by atomic mass is 9.71. The highest BCUT2D eigenvalue weighted by Gasteiger charge is 2.39. The van der Waals surface area contributed by atoms with Crippen LogP contribution in [0.4, 0.5) is 0 Å². The molecule has 0 bridgehead atoms. The van der Waals surface area contributed by atoms with E-state index < -0.39 is 18.2 Å². The van der Waals surface area contributed by atoms with Gasteiger partial charge in [0.25, 0.3) is 0 Å². The number of aryl methyl sites for hydroxylation is 1. The average molecular weight is 677 g/mol. The Balaban J connectivity index is 1.83. The van der Waals surface area contributed by atoms with Crippen molar-refractivity contribution in [1.29, 1.82) is 0 Å². The van der Waals surface area contributed by atoms with Gasteiger partial charge >= 0.3 is 5.97 Å². The number of esters is 1. The summed E-state index contributed by atoms with van der Waals surface area (Å²) in [6, 6.07) is 13.4. The van der Waals surface area contributed by atoms with Crippen LogP contribution in [-0.2, 0) is 22.4 Å². The highest BCUT2D eigenvalue weighted by atomic mass is 16.5. The van der Waals surface area contributed by atoms with Crippen LogP contribution in [0.25, 0.3) is 11.1 Å². The van der Waals surface area contributed by atoms with E-state index in [1.807, 2.05) is 47.6 Å². The minimum Gasteiger partial charge on any atom is -0.493 e. The Morgan fingerprint density at radius 1 is 0.878 bits per heavy atom. The fraction of sp³-hybridized carbons (Fsp3) is 0.659. The fourth-order valence-electron chi connectivity index (χ4n) is 7.45. The molecule has 0 radical (unpaired) electrons. The predicted molar refractivity (Wildman–Crippen MR) is 204 cm³/mol. The summed E-state index contributed by atoms with van der Waals surface area (Å²) < 4.78 is 11.9. The zero-order valence-corrected chi connectivity index (χ0v) is 32.4. The van der Waals surface area contributed by atoms with E-state index in [4.69, 9.17) is 9.47 Å². The first-order valence-corrected chi connectivity index (χ1v) is 19.1. The van der Waals surface area contributed by atoms with Gasteiger partial charge in [-0.1, -0.05) is 112 Å². The van der Waals surface area contributed by atoms with Crippen LogP contribution in [0.5, 0.6) is 5.75 Å². The highest BCUT2D eigenvalue weighted by Crippen LogP contribution is 2.40. The number of aliphatic hydroxyl groups excluding tert-OH is 2. The monoisotopic (exact) mass is 677 g/mol. The summed E-state index contributed by atoms with van der Waals surface area (Å²) in [6.45, 7) is 22.5. The maximum Gasteiger partial charge on any atom is 0.333 e. The van der Waals surface area contributed by atoms with Crippen LogP contribution in [0, 0.1) is 22.7 Å². The molecule has 49 heavy (non-hydrogen) atoms. The van der Waals surface area contributed by atoms with Crippen LogP contribution in [0.1, 0.15) is 143 Å². The largest absolute Gasteiger partial charge is 0.493 e. The number of carbonyl (C=O) groups is 1. The maximum absolute atomic E-state index is 12.2. The van der Waals surface area contributed by atoms with Crippen molar-refractivity contribution in [2.45, 2.75) is 151 Å². The third-order valence-electron chi connectivity index (χ3n) is 10.7. The maximum atomic E-state index is 12.2. The van der Waals surface area contributed by atoms with Crippen LogP contribution in [0.15, 0.2) is 48.6 Å². The van der Waals surface area contributed by atoms with Gasteiger partial charge in [0, 0.05) is 17.9 Å². The van der Waals surface area contributed by atoms with Crippen molar-refractivity contribution in [2.24, 2.45) is 22.7 Å². The van der Waals surface area contributed by atoms with E-state index in [1.165, 1.54) is 68.1 Å². The lowest BCUT2D eigenvalue weighted by Gasteiger charge is -2.40. The van der Waals surface area contributed by atoms with E-state index >= 15 is 0 Å². The number of hydrogen-bond acceptors (Lipinski definition) is 5. The molecular formula is C44H68O5. The molecule has 2 aromatic carbocycles. The molecule has 0 amide bonds. The van der Waals surface area contributed by atoms with Crippen molar-refractivity contribution < 1.29 is 24.5 Å². The minimum absolute atomic E-state index is 0.223. The summed E-state index contributed by atoms with van der Waals surface area (Å²) >= 11 is 0. The standard InChI is InChI=1S/C44H68O5/c1-11-13-14-15-31-16-18-33(19-17-31)34-20-22-37(32(12-2)28-34)35-21-23-39(36(29-35)24-26-49-42(47)30(3)4)48-27-25-38(40(45)43(5,6)7)41(46)44(8,9)10/h20-23,28-29,31,33,38,40-41,45-46H,3,11-19,24-27H2,1-2,4-10H3. The summed E-state index contributed by atoms with van der Waals surface area (Å²) in [7, 11) is 0. The summed E-state index contributed by atoms with van der Waals surface area (Å²) in [6.07, 6.45) is 11.3. The Bertz CT molecular complexity index is 1320. The topological polar surface area (TPSA) is 76.0 Å². The van der Waals surface area contributed by atoms with E-state index in [9.17, 15) is 15.0 Å². The number of unbranched alkanes of at least 4 members (excludes halogenated alkanes) is 2. The highest BCUT2D eigenvalue weighted by molar-refractivity contribution is 5.86. The van der Waals surface area contributed by atoms with Gasteiger partial charge in [-0.05, 0) is 108 Å². The number of carbonyl (C=O) groups excluding carboxylic acids is 1. The smallest absolute Gasteiger partial charge is 0.333 e. The second-order valence-electron chi connectivity index (χ2n) is 16.9. The number of benzene rings is 2. The molecule has 0 aliphatic heterocycles. The fourth-order valence-corrected chi connectivity index (χ4v) is 7.45. The van der Waals surface area contributed by atoms with Gasteiger partial charge in [-0.25, -0.2) is 4.79 Å². The SMILES string of the molecule is C=C(C)C(=O)OCCc1cc(-c2ccc(C3CCC(CCCCC)CC3)cc2CC)ccc1OCCC(C(O)C(C)(C)C)C(O)C(C)(C)C. The van der Waals surface area contributed by atoms with Crippen molar-refractivity contribution in [2.75, 3.05) is 13.2 Å². The summed E-state index contributed by atoms with van der Waals surface area (Å²) in [4.78, 5) is 12.2. The molecule has 2 N–H and O–H groups in total. The van der Waals surface area contributed by atoms with Crippen molar-refractivity contribution >= 4 is 5.97 Å². The second-order valence-corrected chi connectivity index (χ2v) is 16.9. The third kappa shape index (κ3) is 12.0.